The first-order valence-corrected chi connectivity index (χ1v) is 9.89. The van der Waals surface area contributed by atoms with E-state index >= 15 is 0 Å². The van der Waals surface area contributed by atoms with Gasteiger partial charge in [0.25, 0.3) is 0 Å². The second-order valence-electron chi connectivity index (χ2n) is 4.36. The quantitative estimate of drug-likeness (QED) is 0.765. The van der Waals surface area contributed by atoms with Gasteiger partial charge < -0.3 is 0 Å². The zero-order valence-corrected chi connectivity index (χ0v) is 14.3. The maximum Gasteiger partial charge on any atom is 0.218 e. The van der Waals surface area contributed by atoms with Crippen molar-refractivity contribution in [2.45, 2.75) is 24.7 Å². The predicted octanol–water partition coefficient (Wildman–Crippen LogP) is 4.00. The van der Waals surface area contributed by atoms with Crippen LogP contribution in [0.5, 0.6) is 0 Å². The fraction of sp³-hybridized carbons (Fsp3) is 0.357. The average molecular weight is 327 g/mol. The first kappa shape index (κ1) is 17.2. The highest BCUT2D eigenvalue weighted by Crippen LogP contribution is 2.33. The first-order valence-electron chi connectivity index (χ1n) is 5.95. The lowest BCUT2D eigenvalue weighted by Gasteiger charge is -2.09. The van der Waals surface area contributed by atoms with Crippen LogP contribution in [0.3, 0.4) is 0 Å². The van der Waals surface area contributed by atoms with Gasteiger partial charge in [-0.2, -0.15) is 5.26 Å². The molecule has 0 radical (unpaired) electrons. The highest BCUT2D eigenvalue weighted by Gasteiger charge is 2.24. The van der Waals surface area contributed by atoms with Crippen LogP contribution in [0.2, 0.25) is 0 Å². The SMILES string of the molecule is CSC(SC)=C(C#N)S(=O)(=O)c1ccc(C(C)C)cc1. The molecular weight excluding hydrogens is 310 g/mol. The van der Waals surface area contributed by atoms with E-state index in [1.54, 1.807) is 36.8 Å². The summed E-state index contributed by atoms with van der Waals surface area (Å²) in [6, 6.07) is 8.56. The van der Waals surface area contributed by atoms with Crippen molar-refractivity contribution in [3.63, 3.8) is 0 Å². The van der Waals surface area contributed by atoms with Gasteiger partial charge in [-0.05, 0) is 36.1 Å². The maximum absolute atomic E-state index is 12.5. The number of nitrogens with zero attached hydrogens (tertiary/aromatic N) is 1. The molecule has 0 heterocycles. The van der Waals surface area contributed by atoms with E-state index < -0.39 is 9.84 Å². The number of hydrogen-bond donors (Lipinski definition) is 0. The molecule has 6 heteroatoms. The molecule has 0 spiro atoms. The minimum atomic E-state index is -3.74. The van der Waals surface area contributed by atoms with Gasteiger partial charge in [-0.1, -0.05) is 26.0 Å². The second kappa shape index (κ2) is 7.21. The zero-order chi connectivity index (χ0) is 15.3. The van der Waals surface area contributed by atoms with Gasteiger partial charge in [-0.3, -0.25) is 0 Å². The van der Waals surface area contributed by atoms with Crippen LogP contribution in [0.4, 0.5) is 0 Å². The third kappa shape index (κ3) is 3.60. The molecule has 108 valence electrons. The molecule has 1 aromatic carbocycles. The largest absolute Gasteiger partial charge is 0.218 e. The highest BCUT2D eigenvalue weighted by molar-refractivity contribution is 8.22. The normalized spacial score (nSPS) is 11.2. The van der Waals surface area contributed by atoms with Crippen molar-refractivity contribution in [2.24, 2.45) is 0 Å². The Morgan fingerprint density at radius 1 is 1.15 bits per heavy atom. The van der Waals surface area contributed by atoms with Crippen LogP contribution in [0.1, 0.15) is 25.3 Å². The van der Waals surface area contributed by atoms with E-state index in [2.05, 4.69) is 0 Å². The number of allylic oxidation sites excluding steroid dienone is 1. The third-order valence-corrected chi connectivity index (χ3v) is 6.92. The Hall–Kier alpha value is -0.900. The molecule has 0 unspecified atom stereocenters. The fourth-order valence-corrected chi connectivity index (χ4v) is 4.99. The number of rotatable bonds is 5. The summed E-state index contributed by atoms with van der Waals surface area (Å²) in [5.41, 5.74) is 1.07. The van der Waals surface area contributed by atoms with E-state index in [4.69, 9.17) is 0 Å². The summed E-state index contributed by atoms with van der Waals surface area (Å²) in [6.07, 6.45) is 3.53. The lowest BCUT2D eigenvalue weighted by atomic mass is 10.0. The van der Waals surface area contributed by atoms with Gasteiger partial charge in [0.05, 0.1) is 9.13 Å². The van der Waals surface area contributed by atoms with Gasteiger partial charge >= 0.3 is 0 Å². The molecule has 1 rings (SSSR count). The van der Waals surface area contributed by atoms with Crippen LogP contribution in [0, 0.1) is 11.3 Å². The Bertz CT molecular complexity index is 632. The molecule has 0 aromatic heterocycles. The summed E-state index contributed by atoms with van der Waals surface area (Å²) in [5.74, 6) is 0.339. The Balaban J connectivity index is 3.36. The molecule has 3 nitrogen and oxygen atoms in total. The molecular formula is C14H17NO2S3. The topological polar surface area (TPSA) is 57.9 Å². The fourth-order valence-electron chi connectivity index (χ4n) is 1.63. The monoisotopic (exact) mass is 327 g/mol. The highest BCUT2D eigenvalue weighted by atomic mass is 32.2. The standard InChI is InChI=1S/C14H17NO2S3/c1-10(2)11-5-7-12(8-6-11)20(16,17)13(9-15)14(18-3)19-4/h5-8,10H,1-4H3. The van der Waals surface area contributed by atoms with Gasteiger partial charge in [0, 0.05) is 0 Å². The number of hydrogen-bond acceptors (Lipinski definition) is 5. The summed E-state index contributed by atoms with van der Waals surface area (Å²) in [5, 5.41) is 9.18. The summed E-state index contributed by atoms with van der Waals surface area (Å²) in [7, 11) is -3.74. The summed E-state index contributed by atoms with van der Waals surface area (Å²) < 4.78 is 25.5. The molecule has 0 aliphatic rings. The molecule has 0 saturated carbocycles. The lowest BCUT2D eigenvalue weighted by molar-refractivity contribution is 0.603. The van der Waals surface area contributed by atoms with Crippen LogP contribution >= 0.6 is 23.5 Å². The smallest absolute Gasteiger partial charge is 0.218 e. The molecule has 0 aliphatic carbocycles. The predicted molar refractivity (Wildman–Crippen MR) is 87.4 cm³/mol. The van der Waals surface area contributed by atoms with E-state index in [9.17, 15) is 13.7 Å². The Morgan fingerprint density at radius 2 is 1.65 bits per heavy atom. The number of benzene rings is 1. The van der Waals surface area contributed by atoms with Crippen LogP contribution in [-0.4, -0.2) is 20.9 Å². The molecule has 0 aliphatic heterocycles. The summed E-state index contributed by atoms with van der Waals surface area (Å²) in [6.45, 7) is 4.09. The van der Waals surface area contributed by atoms with Crippen molar-refractivity contribution in [1.82, 2.24) is 0 Å². The van der Waals surface area contributed by atoms with Crippen molar-refractivity contribution < 1.29 is 8.42 Å². The van der Waals surface area contributed by atoms with Crippen LogP contribution in [0.25, 0.3) is 0 Å². The van der Waals surface area contributed by atoms with Crippen molar-refractivity contribution in [3.05, 3.63) is 39.0 Å². The summed E-state index contributed by atoms with van der Waals surface area (Å²) >= 11 is 2.55. The van der Waals surface area contributed by atoms with Gasteiger partial charge in [0.1, 0.15) is 6.07 Å². The van der Waals surface area contributed by atoms with Crippen molar-refractivity contribution in [1.29, 1.82) is 5.26 Å². The number of thioether (sulfide) groups is 2. The van der Waals surface area contributed by atoms with E-state index in [1.165, 1.54) is 23.5 Å². The van der Waals surface area contributed by atoms with E-state index in [0.717, 1.165) is 5.56 Å². The minimum absolute atomic E-state index is 0.166. The van der Waals surface area contributed by atoms with E-state index in [-0.39, 0.29) is 9.80 Å². The Kier molecular flexibility index (Phi) is 6.18. The van der Waals surface area contributed by atoms with Gasteiger partial charge in [-0.15, -0.1) is 23.5 Å². The zero-order valence-electron chi connectivity index (χ0n) is 11.9. The maximum atomic E-state index is 12.5. The lowest BCUT2D eigenvalue weighted by Crippen LogP contribution is -2.05. The second-order valence-corrected chi connectivity index (χ2v) is 8.14. The molecule has 0 saturated heterocycles. The molecule has 0 bridgehead atoms. The average Bonchev–Trinajstić information content (AvgIpc) is 2.44. The Morgan fingerprint density at radius 3 is 2.00 bits per heavy atom. The minimum Gasteiger partial charge on any atom is -0.218 e. The number of nitriles is 1. The molecule has 0 N–H and O–H groups in total. The molecule has 20 heavy (non-hydrogen) atoms. The van der Waals surface area contributed by atoms with Crippen LogP contribution < -0.4 is 0 Å². The molecule has 1 aromatic rings. The van der Waals surface area contributed by atoms with Gasteiger partial charge in [-0.25, -0.2) is 8.42 Å². The first-order chi connectivity index (χ1) is 9.38. The van der Waals surface area contributed by atoms with Crippen molar-refractivity contribution >= 4 is 33.4 Å². The number of sulfone groups is 1. The van der Waals surface area contributed by atoms with Gasteiger partial charge in [0.2, 0.25) is 9.84 Å². The Labute approximate surface area is 129 Å². The van der Waals surface area contributed by atoms with Crippen LogP contribution in [0.15, 0.2) is 38.3 Å². The third-order valence-electron chi connectivity index (χ3n) is 2.78. The van der Waals surface area contributed by atoms with E-state index in [0.29, 0.717) is 10.2 Å². The molecule has 0 fully saturated rings. The molecule has 0 atom stereocenters. The van der Waals surface area contributed by atoms with Crippen molar-refractivity contribution in [2.75, 3.05) is 12.5 Å². The van der Waals surface area contributed by atoms with Crippen LogP contribution in [-0.2, 0) is 9.84 Å². The van der Waals surface area contributed by atoms with E-state index in [1.807, 2.05) is 19.9 Å². The van der Waals surface area contributed by atoms with Gasteiger partial charge in [0.15, 0.2) is 4.91 Å². The summed E-state index contributed by atoms with van der Waals surface area (Å²) in [4.78, 5) is -0.00570. The molecule has 0 amide bonds. The van der Waals surface area contributed by atoms with Crippen molar-refractivity contribution in [3.8, 4) is 6.07 Å².